The number of benzene rings is 3. The molecule has 0 unspecified atom stereocenters. The Morgan fingerprint density at radius 1 is 0.800 bits per heavy atom. The van der Waals surface area contributed by atoms with Gasteiger partial charge in [-0.15, -0.1) is 0 Å². The molecule has 1 aromatic heterocycles. The summed E-state index contributed by atoms with van der Waals surface area (Å²) in [5, 5.41) is 10.3. The lowest BCUT2D eigenvalue weighted by Crippen LogP contribution is -2.20. The number of fused-ring (bicyclic) bond motifs is 2. The van der Waals surface area contributed by atoms with Crippen LogP contribution in [0.15, 0.2) is 66.7 Å². The Balaban J connectivity index is 1.53. The van der Waals surface area contributed by atoms with E-state index in [1.54, 1.807) is 0 Å². The van der Waals surface area contributed by atoms with Gasteiger partial charge in [-0.3, -0.25) is 4.90 Å². The van der Waals surface area contributed by atoms with Crippen molar-refractivity contribution in [1.82, 2.24) is 20.2 Å². The van der Waals surface area contributed by atoms with Gasteiger partial charge in [0.2, 0.25) is 0 Å². The molecule has 2 N–H and O–H groups in total. The number of nitrogens with one attached hydrogen (secondary N) is 2. The van der Waals surface area contributed by atoms with Gasteiger partial charge in [0.25, 0.3) is 0 Å². The van der Waals surface area contributed by atoms with Crippen molar-refractivity contribution in [3.63, 3.8) is 0 Å². The zero-order valence-electron chi connectivity index (χ0n) is 17.7. The zero-order valence-corrected chi connectivity index (χ0v) is 17.7. The molecule has 5 heteroatoms. The first-order valence-corrected chi connectivity index (χ1v) is 10.5. The van der Waals surface area contributed by atoms with E-state index in [0.29, 0.717) is 6.54 Å². The number of para-hydroxylation sites is 1. The van der Waals surface area contributed by atoms with E-state index in [4.69, 9.17) is 9.97 Å². The highest BCUT2D eigenvalue weighted by molar-refractivity contribution is 5.89. The van der Waals surface area contributed by atoms with Crippen LogP contribution in [0.4, 0.5) is 5.82 Å². The Morgan fingerprint density at radius 3 is 2.43 bits per heavy atom. The molecule has 0 amide bonds. The summed E-state index contributed by atoms with van der Waals surface area (Å²) < 4.78 is 0. The number of rotatable bonds is 9. The van der Waals surface area contributed by atoms with Gasteiger partial charge in [-0.05, 0) is 55.5 Å². The van der Waals surface area contributed by atoms with Crippen molar-refractivity contribution in [2.75, 3.05) is 32.5 Å². The first-order chi connectivity index (χ1) is 14.7. The summed E-state index contributed by atoms with van der Waals surface area (Å²) in [6, 6.07) is 23.3. The first-order valence-electron chi connectivity index (χ1n) is 10.5. The zero-order chi connectivity index (χ0) is 20.8. The number of nitrogens with zero attached hydrogens (tertiary/aromatic N) is 3. The largest absolute Gasteiger partial charge is 0.369 e. The molecule has 0 saturated heterocycles. The average molecular weight is 400 g/mol. The van der Waals surface area contributed by atoms with E-state index in [-0.39, 0.29) is 0 Å². The summed E-state index contributed by atoms with van der Waals surface area (Å²) >= 11 is 0. The molecule has 5 nitrogen and oxygen atoms in total. The van der Waals surface area contributed by atoms with Gasteiger partial charge in [0.05, 0.1) is 12.1 Å². The van der Waals surface area contributed by atoms with Crippen molar-refractivity contribution in [1.29, 1.82) is 0 Å². The van der Waals surface area contributed by atoms with E-state index < -0.39 is 0 Å². The second-order valence-electron chi connectivity index (χ2n) is 7.70. The van der Waals surface area contributed by atoms with Crippen LogP contribution in [0.3, 0.4) is 0 Å². The highest BCUT2D eigenvalue weighted by Gasteiger charge is 2.11. The fraction of sp³-hybridized carbons (Fsp3) is 0.280. The number of hydrogen-bond acceptors (Lipinski definition) is 5. The quantitative estimate of drug-likeness (QED) is 0.408. The average Bonchev–Trinajstić information content (AvgIpc) is 2.77. The van der Waals surface area contributed by atoms with Crippen molar-refractivity contribution in [3.8, 4) is 0 Å². The van der Waals surface area contributed by atoms with E-state index in [0.717, 1.165) is 48.6 Å². The molecule has 0 spiro atoms. The summed E-state index contributed by atoms with van der Waals surface area (Å²) in [5.74, 6) is 1.76. The van der Waals surface area contributed by atoms with Crippen molar-refractivity contribution >= 4 is 27.5 Å². The number of aromatic nitrogens is 2. The molecule has 1 heterocycles. The Morgan fingerprint density at radius 2 is 1.57 bits per heavy atom. The van der Waals surface area contributed by atoms with Gasteiger partial charge < -0.3 is 10.6 Å². The van der Waals surface area contributed by atoms with Gasteiger partial charge in [0, 0.05) is 18.5 Å². The minimum atomic E-state index is 0.694. The lowest BCUT2D eigenvalue weighted by Gasteiger charge is -2.18. The molecule has 30 heavy (non-hydrogen) atoms. The number of anilines is 1. The van der Waals surface area contributed by atoms with Crippen molar-refractivity contribution in [3.05, 3.63) is 78.1 Å². The number of hydrogen-bond donors (Lipinski definition) is 2. The predicted molar refractivity (Wildman–Crippen MR) is 126 cm³/mol. The molecule has 0 saturated carbocycles. The molecule has 4 rings (SSSR count). The molecule has 0 atom stereocenters. The Hall–Kier alpha value is -3.02. The van der Waals surface area contributed by atoms with Gasteiger partial charge in [-0.1, -0.05) is 54.6 Å². The third-order valence-corrected chi connectivity index (χ3v) is 5.28. The van der Waals surface area contributed by atoms with E-state index in [1.165, 1.54) is 16.3 Å². The standard InChI is InChI=1S/C25H29N5/c1-26-15-8-16-27-25-22-13-5-6-14-23(22)28-24(29-25)18-30(2)17-20-11-7-10-19-9-3-4-12-21(19)20/h3-7,9-14,26H,8,15-18H2,1-2H3,(H,27,28,29). The second-order valence-corrected chi connectivity index (χ2v) is 7.70. The van der Waals surface area contributed by atoms with Crippen LogP contribution in [-0.2, 0) is 13.1 Å². The predicted octanol–water partition coefficient (Wildman–Crippen LogP) is 4.44. The maximum atomic E-state index is 4.86. The van der Waals surface area contributed by atoms with E-state index >= 15 is 0 Å². The molecule has 0 radical (unpaired) electrons. The minimum Gasteiger partial charge on any atom is -0.369 e. The summed E-state index contributed by atoms with van der Waals surface area (Å²) in [4.78, 5) is 12.0. The van der Waals surface area contributed by atoms with E-state index in [2.05, 4.69) is 77.2 Å². The lowest BCUT2D eigenvalue weighted by molar-refractivity contribution is 0.312. The highest BCUT2D eigenvalue weighted by atomic mass is 15.1. The SMILES string of the molecule is CNCCCNc1nc(CN(C)Cc2cccc3ccccc23)nc2ccccc12. The third-order valence-electron chi connectivity index (χ3n) is 5.28. The van der Waals surface area contributed by atoms with Gasteiger partial charge >= 0.3 is 0 Å². The van der Waals surface area contributed by atoms with Crippen LogP contribution >= 0.6 is 0 Å². The molecule has 0 aliphatic rings. The second kappa shape index (κ2) is 9.65. The summed E-state index contributed by atoms with van der Waals surface area (Å²) in [6.07, 6.45) is 1.05. The van der Waals surface area contributed by atoms with Crippen molar-refractivity contribution < 1.29 is 0 Å². The van der Waals surface area contributed by atoms with Gasteiger partial charge in [-0.2, -0.15) is 0 Å². The molecular weight excluding hydrogens is 370 g/mol. The summed E-state index contributed by atoms with van der Waals surface area (Å²) in [7, 11) is 4.10. The fourth-order valence-corrected chi connectivity index (χ4v) is 3.82. The Labute approximate surface area is 178 Å². The molecule has 0 aliphatic carbocycles. The Bertz CT molecular complexity index is 1120. The van der Waals surface area contributed by atoms with Gasteiger partial charge in [0.15, 0.2) is 0 Å². The molecular formula is C25H29N5. The van der Waals surface area contributed by atoms with Gasteiger partial charge in [-0.25, -0.2) is 9.97 Å². The first kappa shape index (κ1) is 20.3. The maximum absolute atomic E-state index is 4.86. The summed E-state index contributed by atoms with van der Waals surface area (Å²) in [5.41, 5.74) is 2.30. The summed E-state index contributed by atoms with van der Waals surface area (Å²) in [6.45, 7) is 3.41. The van der Waals surface area contributed by atoms with Crippen LogP contribution in [-0.4, -0.2) is 42.1 Å². The van der Waals surface area contributed by atoms with Crippen LogP contribution in [0.2, 0.25) is 0 Å². The lowest BCUT2D eigenvalue weighted by atomic mass is 10.0. The minimum absolute atomic E-state index is 0.694. The Kier molecular flexibility index (Phi) is 6.52. The van der Waals surface area contributed by atoms with E-state index in [1.807, 2.05) is 19.2 Å². The molecule has 4 aromatic rings. The topological polar surface area (TPSA) is 53.1 Å². The maximum Gasteiger partial charge on any atom is 0.145 e. The molecule has 154 valence electrons. The van der Waals surface area contributed by atoms with Crippen LogP contribution in [0.1, 0.15) is 17.8 Å². The normalized spacial score (nSPS) is 11.4. The molecule has 0 bridgehead atoms. The monoisotopic (exact) mass is 399 g/mol. The third kappa shape index (κ3) is 4.75. The van der Waals surface area contributed by atoms with Crippen molar-refractivity contribution in [2.45, 2.75) is 19.5 Å². The van der Waals surface area contributed by atoms with E-state index in [9.17, 15) is 0 Å². The van der Waals surface area contributed by atoms with Crippen LogP contribution in [0.25, 0.3) is 21.7 Å². The highest BCUT2D eigenvalue weighted by Crippen LogP contribution is 2.22. The smallest absolute Gasteiger partial charge is 0.145 e. The van der Waals surface area contributed by atoms with Crippen molar-refractivity contribution in [2.24, 2.45) is 0 Å². The van der Waals surface area contributed by atoms with Crippen LogP contribution < -0.4 is 10.6 Å². The molecule has 0 aliphatic heterocycles. The van der Waals surface area contributed by atoms with Crippen LogP contribution in [0, 0.1) is 0 Å². The fourth-order valence-electron chi connectivity index (χ4n) is 3.82. The molecule has 0 fully saturated rings. The van der Waals surface area contributed by atoms with Crippen LogP contribution in [0.5, 0.6) is 0 Å². The van der Waals surface area contributed by atoms with Gasteiger partial charge in [0.1, 0.15) is 11.6 Å². The molecule has 3 aromatic carbocycles.